The fraction of sp³-hybridized carbons (Fsp3) is 0.375. The summed E-state index contributed by atoms with van der Waals surface area (Å²) in [6.07, 6.45) is 0.840. The van der Waals surface area contributed by atoms with E-state index in [4.69, 9.17) is 4.42 Å². The quantitative estimate of drug-likeness (QED) is 0.719. The Bertz CT molecular complexity index is 720. The van der Waals surface area contributed by atoms with Crippen LogP contribution in [0.25, 0.3) is 11.5 Å². The van der Waals surface area contributed by atoms with Gasteiger partial charge in [0.1, 0.15) is 5.82 Å². The minimum Gasteiger partial charge on any atom is -0.411 e. The van der Waals surface area contributed by atoms with Crippen LogP contribution in [0, 0.1) is 5.82 Å². The molecule has 2 amide bonds. The average Bonchev–Trinajstić information content (AvgIpc) is 3.07. The van der Waals surface area contributed by atoms with Crippen LogP contribution in [0.1, 0.15) is 13.3 Å². The normalized spacial score (nSPS) is 10.5. The maximum atomic E-state index is 12.9. The number of carbonyl (C=O) groups excluding carboxylic acids is 2. The van der Waals surface area contributed by atoms with Crippen molar-refractivity contribution < 1.29 is 18.4 Å². The highest BCUT2D eigenvalue weighted by Crippen LogP contribution is 2.23. The molecule has 0 aliphatic rings. The number of nitrogens with zero attached hydrogens (tertiary/aromatic N) is 3. The Morgan fingerprint density at radius 3 is 2.68 bits per heavy atom. The van der Waals surface area contributed by atoms with Gasteiger partial charge in [0.25, 0.3) is 5.22 Å². The van der Waals surface area contributed by atoms with E-state index in [9.17, 15) is 14.0 Å². The molecule has 1 heterocycles. The number of aromatic nitrogens is 2. The molecule has 1 aromatic heterocycles. The van der Waals surface area contributed by atoms with Crippen LogP contribution in [-0.2, 0) is 9.59 Å². The Balaban J connectivity index is 1.83. The van der Waals surface area contributed by atoms with Gasteiger partial charge in [-0.15, -0.1) is 10.2 Å². The van der Waals surface area contributed by atoms with E-state index < -0.39 is 0 Å². The van der Waals surface area contributed by atoms with Crippen molar-refractivity contribution >= 4 is 23.6 Å². The molecule has 0 fully saturated rings. The zero-order chi connectivity index (χ0) is 18.2. The van der Waals surface area contributed by atoms with E-state index in [0.29, 0.717) is 12.1 Å². The van der Waals surface area contributed by atoms with Gasteiger partial charge in [-0.1, -0.05) is 18.7 Å². The van der Waals surface area contributed by atoms with Crippen molar-refractivity contribution in [1.82, 2.24) is 20.4 Å². The number of rotatable bonds is 8. The van der Waals surface area contributed by atoms with Crippen molar-refractivity contribution in [3.05, 3.63) is 30.1 Å². The number of hydrogen-bond acceptors (Lipinski definition) is 6. The molecule has 2 rings (SSSR count). The number of thioether (sulfide) groups is 1. The van der Waals surface area contributed by atoms with E-state index in [-0.39, 0.29) is 41.0 Å². The predicted molar refractivity (Wildman–Crippen MR) is 91.4 cm³/mol. The molecule has 0 atom stereocenters. The zero-order valence-electron chi connectivity index (χ0n) is 14.0. The second-order valence-electron chi connectivity index (χ2n) is 5.27. The Morgan fingerprint density at radius 2 is 2.00 bits per heavy atom. The van der Waals surface area contributed by atoms with Gasteiger partial charge in [0.2, 0.25) is 17.7 Å². The van der Waals surface area contributed by atoms with Gasteiger partial charge in [0, 0.05) is 19.2 Å². The van der Waals surface area contributed by atoms with Crippen molar-refractivity contribution in [2.45, 2.75) is 18.6 Å². The summed E-state index contributed by atoms with van der Waals surface area (Å²) in [6, 6.07) is 5.67. The Kier molecular flexibility index (Phi) is 6.93. The Hall–Kier alpha value is -2.42. The van der Waals surface area contributed by atoms with E-state index in [1.807, 2.05) is 6.92 Å². The molecule has 0 saturated heterocycles. The molecule has 9 heteroatoms. The summed E-state index contributed by atoms with van der Waals surface area (Å²) >= 11 is 1.08. The van der Waals surface area contributed by atoms with Gasteiger partial charge in [-0.3, -0.25) is 9.59 Å². The van der Waals surface area contributed by atoms with Crippen LogP contribution in [-0.4, -0.2) is 52.8 Å². The third kappa shape index (κ3) is 5.86. The molecule has 1 N–H and O–H groups in total. The van der Waals surface area contributed by atoms with Gasteiger partial charge in [-0.2, -0.15) is 0 Å². The summed E-state index contributed by atoms with van der Waals surface area (Å²) in [7, 11) is 1.56. The Labute approximate surface area is 149 Å². The van der Waals surface area contributed by atoms with Crippen LogP contribution in [0.15, 0.2) is 33.9 Å². The molecular weight excluding hydrogens is 347 g/mol. The van der Waals surface area contributed by atoms with Gasteiger partial charge in [0.15, 0.2) is 0 Å². The van der Waals surface area contributed by atoms with Crippen LogP contribution in [0.3, 0.4) is 0 Å². The predicted octanol–water partition coefficient (Wildman–Crippen LogP) is 1.95. The molecule has 0 aliphatic carbocycles. The van der Waals surface area contributed by atoms with Gasteiger partial charge in [0.05, 0.1) is 12.3 Å². The van der Waals surface area contributed by atoms with Crippen LogP contribution in [0.2, 0.25) is 0 Å². The highest BCUT2D eigenvalue weighted by molar-refractivity contribution is 7.99. The molecule has 0 unspecified atom stereocenters. The first-order valence-electron chi connectivity index (χ1n) is 7.72. The van der Waals surface area contributed by atoms with E-state index in [0.717, 1.165) is 18.2 Å². The number of carbonyl (C=O) groups is 2. The number of benzene rings is 1. The molecule has 134 valence electrons. The second kappa shape index (κ2) is 9.16. The van der Waals surface area contributed by atoms with E-state index in [1.54, 1.807) is 7.05 Å². The molecule has 2 aromatic rings. The van der Waals surface area contributed by atoms with Crippen molar-refractivity contribution in [2.75, 3.05) is 25.9 Å². The van der Waals surface area contributed by atoms with Crippen LogP contribution < -0.4 is 5.32 Å². The lowest BCUT2D eigenvalue weighted by molar-refractivity contribution is -0.132. The van der Waals surface area contributed by atoms with Crippen LogP contribution in [0.4, 0.5) is 4.39 Å². The smallest absolute Gasteiger partial charge is 0.277 e. The van der Waals surface area contributed by atoms with E-state index in [2.05, 4.69) is 15.5 Å². The monoisotopic (exact) mass is 366 g/mol. The van der Waals surface area contributed by atoms with Gasteiger partial charge in [-0.05, 0) is 30.7 Å². The third-order valence-electron chi connectivity index (χ3n) is 3.20. The highest BCUT2D eigenvalue weighted by Gasteiger charge is 2.15. The highest BCUT2D eigenvalue weighted by atomic mass is 32.2. The summed E-state index contributed by atoms with van der Waals surface area (Å²) in [5, 5.41) is 10.7. The molecule has 0 radical (unpaired) electrons. The maximum absolute atomic E-state index is 12.9. The number of likely N-dealkylation sites (N-methyl/N-ethyl adjacent to an activating group) is 1. The second-order valence-corrected chi connectivity index (χ2v) is 6.20. The average molecular weight is 366 g/mol. The first-order chi connectivity index (χ1) is 12.0. The van der Waals surface area contributed by atoms with Crippen LogP contribution >= 0.6 is 11.8 Å². The van der Waals surface area contributed by atoms with Gasteiger partial charge in [-0.25, -0.2) is 4.39 Å². The SMILES string of the molecule is CCCNC(=O)CN(C)C(=O)CSc1nnc(-c2ccc(F)cc2)o1. The number of halogens is 1. The molecule has 0 bridgehead atoms. The molecule has 1 aromatic carbocycles. The van der Waals surface area contributed by atoms with Crippen molar-refractivity contribution in [3.63, 3.8) is 0 Å². The maximum Gasteiger partial charge on any atom is 0.277 e. The van der Waals surface area contributed by atoms with Gasteiger partial charge < -0.3 is 14.6 Å². The number of nitrogens with one attached hydrogen (secondary N) is 1. The zero-order valence-corrected chi connectivity index (χ0v) is 14.8. The van der Waals surface area contributed by atoms with Crippen LogP contribution in [0.5, 0.6) is 0 Å². The van der Waals surface area contributed by atoms with Gasteiger partial charge >= 0.3 is 0 Å². The fourth-order valence-electron chi connectivity index (χ4n) is 1.83. The molecule has 7 nitrogen and oxygen atoms in total. The number of hydrogen-bond donors (Lipinski definition) is 1. The molecule has 0 spiro atoms. The lowest BCUT2D eigenvalue weighted by atomic mass is 10.2. The summed E-state index contributed by atoms with van der Waals surface area (Å²) in [5.41, 5.74) is 0.594. The summed E-state index contributed by atoms with van der Waals surface area (Å²) < 4.78 is 18.4. The first kappa shape index (κ1) is 18.9. The molecule has 0 aliphatic heterocycles. The summed E-state index contributed by atoms with van der Waals surface area (Å²) in [4.78, 5) is 25.0. The van der Waals surface area contributed by atoms with Crippen molar-refractivity contribution in [2.24, 2.45) is 0 Å². The molecule has 0 saturated carbocycles. The lowest BCUT2D eigenvalue weighted by Crippen LogP contribution is -2.39. The largest absolute Gasteiger partial charge is 0.411 e. The fourth-order valence-corrected chi connectivity index (χ4v) is 2.54. The summed E-state index contributed by atoms with van der Waals surface area (Å²) in [6.45, 7) is 2.55. The molecule has 25 heavy (non-hydrogen) atoms. The third-order valence-corrected chi connectivity index (χ3v) is 4.00. The minimum absolute atomic E-state index is 0.00402. The van der Waals surface area contributed by atoms with Crippen molar-refractivity contribution in [3.8, 4) is 11.5 Å². The standard InChI is InChI=1S/C16H19FN4O3S/c1-3-8-18-13(22)9-21(2)14(23)10-25-16-20-19-15(24-16)11-4-6-12(17)7-5-11/h4-7H,3,8-10H2,1-2H3,(H,18,22). The molecular formula is C16H19FN4O3S. The van der Waals surface area contributed by atoms with E-state index >= 15 is 0 Å². The topological polar surface area (TPSA) is 88.3 Å². The first-order valence-corrected chi connectivity index (χ1v) is 8.71. The van der Waals surface area contributed by atoms with Crippen molar-refractivity contribution in [1.29, 1.82) is 0 Å². The van der Waals surface area contributed by atoms with E-state index in [1.165, 1.54) is 29.2 Å². The Morgan fingerprint density at radius 1 is 1.28 bits per heavy atom. The lowest BCUT2D eigenvalue weighted by Gasteiger charge is -2.15. The summed E-state index contributed by atoms with van der Waals surface area (Å²) in [5.74, 6) is -0.447. The minimum atomic E-state index is -0.352. The number of amides is 2.